The van der Waals surface area contributed by atoms with Gasteiger partial charge in [-0.1, -0.05) is 39.3 Å². The number of hydrogen-bond donors (Lipinski definition) is 0. The van der Waals surface area contributed by atoms with Crippen LogP contribution in [0.4, 0.5) is 0 Å². The molecular weight excluding hydrogens is 288 g/mol. The Kier molecular flexibility index (Phi) is 4.62. The second-order valence-corrected chi connectivity index (χ2v) is 13.7. The van der Waals surface area contributed by atoms with Crippen molar-refractivity contribution in [2.75, 3.05) is 6.61 Å². The van der Waals surface area contributed by atoms with Crippen molar-refractivity contribution in [3.8, 4) is 0 Å². The second-order valence-electron chi connectivity index (χ2n) is 8.88. The molecule has 124 valence electrons. The van der Waals surface area contributed by atoms with E-state index in [4.69, 9.17) is 4.43 Å². The first-order valence-corrected chi connectivity index (χ1v) is 11.4. The Bertz CT molecular complexity index is 534. The van der Waals surface area contributed by atoms with Gasteiger partial charge in [0, 0.05) is 6.42 Å². The van der Waals surface area contributed by atoms with E-state index in [1.54, 1.807) is 0 Å². The molecule has 0 radical (unpaired) electrons. The fraction of sp³-hybridized carbons (Fsp3) is 0.737. The Morgan fingerprint density at radius 3 is 2.55 bits per heavy atom. The maximum Gasteiger partial charge on any atom is 0.192 e. The predicted molar refractivity (Wildman–Crippen MR) is 95.5 cm³/mol. The van der Waals surface area contributed by atoms with E-state index in [2.05, 4.69) is 46.9 Å². The molecule has 0 bridgehead atoms. The largest absolute Gasteiger partial charge is 0.413 e. The zero-order valence-corrected chi connectivity index (χ0v) is 16.4. The number of carbonyl (C=O) groups is 1. The highest BCUT2D eigenvalue weighted by Crippen LogP contribution is 2.48. The Balaban J connectivity index is 2.12. The Morgan fingerprint density at radius 1 is 1.32 bits per heavy atom. The van der Waals surface area contributed by atoms with Crippen LogP contribution in [0, 0.1) is 5.41 Å². The summed E-state index contributed by atoms with van der Waals surface area (Å²) in [7, 11) is -1.71. The number of rotatable bonds is 3. The van der Waals surface area contributed by atoms with Crippen LogP contribution in [0.5, 0.6) is 0 Å². The van der Waals surface area contributed by atoms with Gasteiger partial charge >= 0.3 is 0 Å². The standard InChI is InChI=1S/C19H32O2Si/c1-14-16-12-15(13-21-22(6,7)18(2,3)4)8-10-19(16,5)11-9-17(14)20/h8H,9-13H2,1-7H3/t19-/m0/s1. The average Bonchev–Trinajstić information content (AvgIpc) is 2.41. The highest BCUT2D eigenvalue weighted by molar-refractivity contribution is 6.74. The van der Waals surface area contributed by atoms with Gasteiger partial charge in [0.05, 0.1) is 6.61 Å². The topological polar surface area (TPSA) is 26.3 Å². The molecule has 0 fully saturated rings. The summed E-state index contributed by atoms with van der Waals surface area (Å²) in [5.41, 5.74) is 3.97. The fourth-order valence-electron chi connectivity index (χ4n) is 3.19. The van der Waals surface area contributed by atoms with Gasteiger partial charge in [0.2, 0.25) is 0 Å². The van der Waals surface area contributed by atoms with Gasteiger partial charge in [-0.2, -0.15) is 0 Å². The molecule has 0 unspecified atom stereocenters. The summed E-state index contributed by atoms with van der Waals surface area (Å²) in [5, 5.41) is 0.243. The van der Waals surface area contributed by atoms with Crippen LogP contribution in [-0.2, 0) is 9.22 Å². The molecule has 3 heteroatoms. The number of Topliss-reactive ketones (excluding diaryl/α,β-unsaturated/α-hetero) is 1. The molecule has 2 aliphatic rings. The third-order valence-corrected chi connectivity index (χ3v) is 10.7. The summed E-state index contributed by atoms with van der Waals surface area (Å²) in [6, 6.07) is 0. The van der Waals surface area contributed by atoms with Crippen molar-refractivity contribution in [3.05, 3.63) is 22.8 Å². The highest BCUT2D eigenvalue weighted by Gasteiger charge is 2.40. The van der Waals surface area contributed by atoms with Gasteiger partial charge in [0.1, 0.15) is 0 Å². The first kappa shape index (κ1) is 17.7. The van der Waals surface area contributed by atoms with E-state index in [0.29, 0.717) is 5.78 Å². The lowest BCUT2D eigenvalue weighted by Crippen LogP contribution is -2.41. The van der Waals surface area contributed by atoms with Gasteiger partial charge in [-0.15, -0.1) is 0 Å². The van der Waals surface area contributed by atoms with Crippen LogP contribution in [-0.4, -0.2) is 20.7 Å². The summed E-state index contributed by atoms with van der Waals surface area (Å²) in [6.45, 7) is 16.5. The first-order valence-electron chi connectivity index (χ1n) is 8.52. The van der Waals surface area contributed by atoms with Gasteiger partial charge in [0.25, 0.3) is 0 Å². The molecule has 0 spiro atoms. The summed E-state index contributed by atoms with van der Waals surface area (Å²) >= 11 is 0. The van der Waals surface area contributed by atoms with Crippen molar-refractivity contribution in [1.29, 1.82) is 0 Å². The molecule has 0 amide bonds. The van der Waals surface area contributed by atoms with E-state index >= 15 is 0 Å². The van der Waals surface area contributed by atoms with Crippen LogP contribution in [0.2, 0.25) is 18.1 Å². The van der Waals surface area contributed by atoms with Crippen molar-refractivity contribution in [2.45, 2.75) is 78.4 Å². The molecule has 0 aliphatic heterocycles. The van der Waals surface area contributed by atoms with Crippen molar-refractivity contribution in [1.82, 2.24) is 0 Å². The lowest BCUT2D eigenvalue weighted by atomic mass is 9.64. The third kappa shape index (κ3) is 3.30. The van der Waals surface area contributed by atoms with Crippen LogP contribution in [0.25, 0.3) is 0 Å². The van der Waals surface area contributed by atoms with Crippen LogP contribution in [0.1, 0.15) is 60.3 Å². The molecule has 2 rings (SSSR count). The quantitative estimate of drug-likeness (QED) is 0.513. The van der Waals surface area contributed by atoms with E-state index in [1.165, 1.54) is 11.1 Å². The van der Waals surface area contributed by atoms with Crippen molar-refractivity contribution in [3.63, 3.8) is 0 Å². The number of allylic oxidation sites excluding steroid dienone is 3. The van der Waals surface area contributed by atoms with Gasteiger partial charge in [-0.3, -0.25) is 4.79 Å². The van der Waals surface area contributed by atoms with Gasteiger partial charge in [0.15, 0.2) is 14.1 Å². The molecular formula is C19H32O2Si. The van der Waals surface area contributed by atoms with Crippen LogP contribution >= 0.6 is 0 Å². The number of ketones is 1. The van der Waals surface area contributed by atoms with Gasteiger partial charge < -0.3 is 4.43 Å². The van der Waals surface area contributed by atoms with Gasteiger partial charge in [-0.05, 0) is 60.9 Å². The van der Waals surface area contributed by atoms with Crippen LogP contribution in [0.3, 0.4) is 0 Å². The normalized spacial score (nSPS) is 26.9. The smallest absolute Gasteiger partial charge is 0.192 e. The second kappa shape index (κ2) is 5.75. The monoisotopic (exact) mass is 320 g/mol. The lowest BCUT2D eigenvalue weighted by molar-refractivity contribution is -0.116. The maximum atomic E-state index is 12.0. The summed E-state index contributed by atoms with van der Waals surface area (Å²) in [4.78, 5) is 12.0. The molecule has 0 saturated carbocycles. The zero-order chi connectivity index (χ0) is 16.8. The molecule has 1 atom stereocenters. The molecule has 0 aromatic heterocycles. The van der Waals surface area contributed by atoms with E-state index in [0.717, 1.165) is 37.9 Å². The Morgan fingerprint density at radius 2 is 1.95 bits per heavy atom. The van der Waals surface area contributed by atoms with E-state index in [9.17, 15) is 4.79 Å². The summed E-state index contributed by atoms with van der Waals surface area (Å²) in [5.74, 6) is 0.346. The minimum atomic E-state index is -1.71. The molecule has 0 aromatic carbocycles. The molecule has 0 saturated heterocycles. The van der Waals surface area contributed by atoms with Crippen molar-refractivity contribution < 1.29 is 9.22 Å². The molecule has 2 nitrogen and oxygen atoms in total. The van der Waals surface area contributed by atoms with Crippen LogP contribution in [0.15, 0.2) is 22.8 Å². The number of hydrogen-bond acceptors (Lipinski definition) is 2. The molecule has 0 heterocycles. The van der Waals surface area contributed by atoms with Crippen molar-refractivity contribution >= 4 is 14.1 Å². The lowest BCUT2D eigenvalue weighted by Gasteiger charge is -2.41. The highest BCUT2D eigenvalue weighted by atomic mass is 28.4. The first-order chi connectivity index (χ1) is 9.96. The van der Waals surface area contributed by atoms with Gasteiger partial charge in [-0.25, -0.2) is 0 Å². The minimum absolute atomic E-state index is 0.207. The fourth-order valence-corrected chi connectivity index (χ4v) is 4.17. The van der Waals surface area contributed by atoms with E-state index < -0.39 is 8.32 Å². The SMILES string of the molecule is CC1=C2CC(CO[Si](C)(C)C(C)(C)C)=CC[C@@]2(C)CCC1=O. The molecule has 0 aromatic rings. The van der Waals surface area contributed by atoms with Crippen LogP contribution < -0.4 is 0 Å². The number of carbonyl (C=O) groups excluding carboxylic acids is 1. The predicted octanol–water partition coefficient (Wildman–Crippen LogP) is 5.41. The Hall–Kier alpha value is -0.673. The molecule has 22 heavy (non-hydrogen) atoms. The number of fused-ring (bicyclic) bond motifs is 1. The molecule has 0 N–H and O–H groups in total. The molecule has 2 aliphatic carbocycles. The maximum absolute atomic E-state index is 12.0. The van der Waals surface area contributed by atoms with E-state index in [1.807, 2.05) is 6.92 Å². The summed E-state index contributed by atoms with van der Waals surface area (Å²) < 4.78 is 6.37. The van der Waals surface area contributed by atoms with E-state index in [-0.39, 0.29) is 10.5 Å². The zero-order valence-electron chi connectivity index (χ0n) is 15.4. The average molecular weight is 321 g/mol. The third-order valence-electron chi connectivity index (χ3n) is 6.17. The Labute approximate surface area is 137 Å². The summed E-state index contributed by atoms with van der Waals surface area (Å²) in [6.07, 6.45) is 6.09. The minimum Gasteiger partial charge on any atom is -0.413 e. The van der Waals surface area contributed by atoms with Crippen molar-refractivity contribution in [2.24, 2.45) is 5.41 Å².